The second-order valence-electron chi connectivity index (χ2n) is 11.0. The van der Waals surface area contributed by atoms with Gasteiger partial charge in [0.15, 0.2) is 0 Å². The fourth-order valence-electron chi connectivity index (χ4n) is 4.59. The molecule has 2 aromatic rings. The van der Waals surface area contributed by atoms with E-state index < -0.39 is 17.4 Å². The first-order valence-electron chi connectivity index (χ1n) is 12.4. The number of phenols is 1. The minimum absolute atomic E-state index is 0.109. The number of nitrogens with zero attached hydrogens (tertiary/aromatic N) is 1. The third-order valence-corrected chi connectivity index (χ3v) is 7.60. The normalized spacial score (nSPS) is 20.4. The first-order chi connectivity index (χ1) is 17.7. The summed E-state index contributed by atoms with van der Waals surface area (Å²) in [5, 5.41) is 9.14. The maximum absolute atomic E-state index is 13.1. The Morgan fingerprint density at radius 3 is 2.42 bits per heavy atom. The largest absolute Gasteiger partial charge is 0.514 e. The summed E-state index contributed by atoms with van der Waals surface area (Å²) in [5.74, 6) is 0.918. The van der Waals surface area contributed by atoms with E-state index in [1.165, 1.54) is 17.0 Å². The van der Waals surface area contributed by atoms with Crippen molar-refractivity contribution in [2.24, 2.45) is 0 Å². The van der Waals surface area contributed by atoms with Crippen molar-refractivity contribution in [1.29, 1.82) is 0 Å². The van der Waals surface area contributed by atoms with Gasteiger partial charge in [0.05, 0.1) is 11.4 Å². The predicted octanol–water partition coefficient (Wildman–Crippen LogP) is 6.45. The lowest BCUT2D eigenvalue weighted by Gasteiger charge is -2.39. The standard InChI is InChI=1S/C29H33NO7S/c1-16-17(2)24-21(18(3)23(16)35-27(34)37-28(4,5)6)12-13-29(7,36-24)15-30-25(32)22(38-26(30)33)14-19-8-10-20(31)11-9-19/h8-11,14,31H,12-13,15H2,1-7H3/b22-14-. The van der Waals surface area contributed by atoms with Gasteiger partial charge in [0.2, 0.25) is 0 Å². The molecule has 2 amide bonds. The van der Waals surface area contributed by atoms with Gasteiger partial charge in [-0.05, 0) is 114 Å². The van der Waals surface area contributed by atoms with Gasteiger partial charge in [0.1, 0.15) is 28.5 Å². The molecule has 38 heavy (non-hydrogen) atoms. The lowest BCUT2D eigenvalue weighted by molar-refractivity contribution is -0.124. The Morgan fingerprint density at radius 2 is 1.79 bits per heavy atom. The first kappa shape index (κ1) is 27.6. The van der Waals surface area contributed by atoms with E-state index in [0.29, 0.717) is 34.8 Å². The van der Waals surface area contributed by atoms with E-state index in [9.17, 15) is 19.5 Å². The number of rotatable bonds is 4. The molecule has 202 valence electrons. The van der Waals surface area contributed by atoms with Crippen LogP contribution in [0, 0.1) is 20.8 Å². The zero-order chi connectivity index (χ0) is 28.0. The van der Waals surface area contributed by atoms with Crippen LogP contribution in [-0.4, -0.2) is 45.1 Å². The van der Waals surface area contributed by atoms with Crippen molar-refractivity contribution in [3.8, 4) is 17.2 Å². The first-order valence-corrected chi connectivity index (χ1v) is 13.3. The van der Waals surface area contributed by atoms with E-state index in [2.05, 4.69) is 0 Å². The summed E-state index contributed by atoms with van der Waals surface area (Å²) in [7, 11) is 0. The van der Waals surface area contributed by atoms with Gasteiger partial charge in [-0.3, -0.25) is 14.5 Å². The van der Waals surface area contributed by atoms with Crippen molar-refractivity contribution in [3.63, 3.8) is 0 Å². The highest BCUT2D eigenvalue weighted by molar-refractivity contribution is 8.18. The number of benzene rings is 2. The van der Waals surface area contributed by atoms with Gasteiger partial charge < -0.3 is 19.3 Å². The van der Waals surface area contributed by atoms with E-state index in [1.54, 1.807) is 39.0 Å². The maximum atomic E-state index is 13.1. The van der Waals surface area contributed by atoms with Crippen molar-refractivity contribution in [2.75, 3.05) is 6.54 Å². The molecule has 0 aliphatic carbocycles. The lowest BCUT2D eigenvalue weighted by atomic mass is 9.87. The Bertz CT molecular complexity index is 1340. The number of ether oxygens (including phenoxy) is 3. The van der Waals surface area contributed by atoms with Crippen molar-refractivity contribution >= 4 is 35.1 Å². The Labute approximate surface area is 226 Å². The van der Waals surface area contributed by atoms with E-state index >= 15 is 0 Å². The van der Waals surface area contributed by atoms with Gasteiger partial charge in [-0.25, -0.2) is 4.79 Å². The highest BCUT2D eigenvalue weighted by Crippen LogP contribution is 2.45. The molecule has 1 unspecified atom stereocenters. The zero-order valence-electron chi connectivity index (χ0n) is 22.8. The molecule has 0 spiro atoms. The molecule has 2 aromatic carbocycles. The number of aromatic hydroxyl groups is 1. The molecule has 4 rings (SSSR count). The molecule has 1 saturated heterocycles. The number of hydrogen-bond donors (Lipinski definition) is 1. The fourth-order valence-corrected chi connectivity index (χ4v) is 5.43. The van der Waals surface area contributed by atoms with Crippen LogP contribution in [0.3, 0.4) is 0 Å². The Kier molecular flexibility index (Phi) is 7.27. The highest BCUT2D eigenvalue weighted by Gasteiger charge is 2.43. The molecule has 0 aromatic heterocycles. The van der Waals surface area contributed by atoms with Crippen LogP contribution >= 0.6 is 11.8 Å². The van der Waals surface area contributed by atoms with Crippen LogP contribution in [-0.2, 0) is 16.0 Å². The quantitative estimate of drug-likeness (QED) is 0.269. The molecule has 2 aliphatic rings. The van der Waals surface area contributed by atoms with Crippen LogP contribution in [0.5, 0.6) is 17.2 Å². The fraction of sp³-hybridized carbons (Fsp3) is 0.414. The molecular weight excluding hydrogens is 506 g/mol. The Morgan fingerprint density at radius 1 is 1.13 bits per heavy atom. The van der Waals surface area contributed by atoms with Crippen molar-refractivity contribution < 1.29 is 33.7 Å². The third kappa shape index (κ3) is 5.67. The van der Waals surface area contributed by atoms with Crippen molar-refractivity contribution in [1.82, 2.24) is 4.90 Å². The number of imide groups is 1. The van der Waals surface area contributed by atoms with Crippen LogP contribution < -0.4 is 9.47 Å². The monoisotopic (exact) mass is 539 g/mol. The number of amides is 2. The molecule has 1 atom stereocenters. The minimum atomic E-state index is -0.788. The predicted molar refractivity (Wildman–Crippen MR) is 146 cm³/mol. The summed E-state index contributed by atoms with van der Waals surface area (Å²) in [6, 6.07) is 6.42. The second-order valence-corrected chi connectivity index (χ2v) is 12.0. The zero-order valence-corrected chi connectivity index (χ0v) is 23.6. The van der Waals surface area contributed by atoms with Gasteiger partial charge >= 0.3 is 6.16 Å². The van der Waals surface area contributed by atoms with Gasteiger partial charge in [-0.15, -0.1) is 0 Å². The van der Waals surface area contributed by atoms with Crippen LogP contribution in [0.2, 0.25) is 0 Å². The third-order valence-electron chi connectivity index (χ3n) is 6.70. The molecule has 2 heterocycles. The van der Waals surface area contributed by atoms with Gasteiger partial charge in [-0.2, -0.15) is 0 Å². The summed E-state index contributed by atoms with van der Waals surface area (Å²) in [6.45, 7) is 13.0. The topological polar surface area (TPSA) is 102 Å². The molecule has 9 heteroatoms. The van der Waals surface area contributed by atoms with Gasteiger partial charge in [0, 0.05) is 5.56 Å². The van der Waals surface area contributed by atoms with Crippen molar-refractivity contribution in [2.45, 2.75) is 72.5 Å². The van der Waals surface area contributed by atoms with Crippen molar-refractivity contribution in [3.05, 3.63) is 57.0 Å². The lowest BCUT2D eigenvalue weighted by Crippen LogP contribution is -2.49. The molecule has 2 aliphatic heterocycles. The summed E-state index contributed by atoms with van der Waals surface area (Å²) >= 11 is 0.893. The average molecular weight is 540 g/mol. The summed E-state index contributed by atoms with van der Waals surface area (Å²) < 4.78 is 17.5. The van der Waals surface area contributed by atoms with E-state index in [0.717, 1.165) is 34.0 Å². The number of carbonyl (C=O) groups excluding carboxylic acids is 3. The van der Waals surface area contributed by atoms with Crippen LogP contribution in [0.4, 0.5) is 9.59 Å². The van der Waals surface area contributed by atoms with Gasteiger partial charge in [-0.1, -0.05) is 12.1 Å². The molecule has 8 nitrogen and oxygen atoms in total. The van der Waals surface area contributed by atoms with E-state index in [1.807, 2.05) is 27.7 Å². The van der Waals surface area contributed by atoms with Crippen LogP contribution in [0.15, 0.2) is 29.2 Å². The number of fused-ring (bicyclic) bond motifs is 1. The summed E-state index contributed by atoms with van der Waals surface area (Å²) in [6.07, 6.45) is 2.08. The molecule has 1 N–H and O–H groups in total. The number of hydrogen-bond acceptors (Lipinski definition) is 8. The Balaban J connectivity index is 1.55. The second kappa shape index (κ2) is 10.0. The smallest absolute Gasteiger partial charge is 0.508 e. The average Bonchev–Trinajstić information content (AvgIpc) is 3.07. The number of carbonyl (C=O) groups is 3. The Hall–Kier alpha value is -3.46. The van der Waals surface area contributed by atoms with Crippen LogP contribution in [0.1, 0.15) is 61.9 Å². The molecule has 0 saturated carbocycles. The summed E-state index contributed by atoms with van der Waals surface area (Å²) in [4.78, 5) is 39.8. The summed E-state index contributed by atoms with van der Waals surface area (Å²) in [5.41, 5.74) is 2.59. The molecule has 0 bridgehead atoms. The minimum Gasteiger partial charge on any atom is -0.508 e. The number of phenolic OH excluding ortho intramolecular Hbond substituents is 1. The molecule has 1 fully saturated rings. The van der Waals surface area contributed by atoms with E-state index in [4.69, 9.17) is 14.2 Å². The molecular formula is C29H33NO7S. The van der Waals surface area contributed by atoms with Gasteiger partial charge in [0.25, 0.3) is 11.1 Å². The number of thioether (sulfide) groups is 1. The molecule has 0 radical (unpaired) electrons. The van der Waals surface area contributed by atoms with E-state index in [-0.39, 0.29) is 23.4 Å². The highest BCUT2D eigenvalue weighted by atomic mass is 32.2. The SMILES string of the molecule is Cc1c(C)c2c(c(C)c1OC(=O)OC(C)(C)C)CCC(C)(CN1C(=O)S/C(=C\c3ccc(O)cc3)C1=O)O2. The van der Waals surface area contributed by atoms with Crippen LogP contribution in [0.25, 0.3) is 6.08 Å². The maximum Gasteiger partial charge on any atom is 0.514 e.